The number of hydrogen-bond acceptors (Lipinski definition) is 11. The van der Waals surface area contributed by atoms with Crippen LogP contribution in [0.3, 0.4) is 0 Å². The maximum atomic E-state index is 12.2. The Bertz CT molecular complexity index is 1310. The highest BCUT2D eigenvalue weighted by molar-refractivity contribution is 5.27. The number of aliphatic hydroxyl groups is 7. The van der Waals surface area contributed by atoms with Gasteiger partial charge < -0.3 is 54.7 Å². The van der Waals surface area contributed by atoms with Crippen molar-refractivity contribution in [2.45, 2.75) is 173 Å². The molecule has 2 heterocycles. The van der Waals surface area contributed by atoms with Crippen LogP contribution in [0.2, 0.25) is 0 Å². The Morgan fingerprint density at radius 1 is 0.700 bits per heavy atom. The number of ether oxygens (including phenoxy) is 4. The summed E-state index contributed by atoms with van der Waals surface area (Å²) in [6.45, 7) is 19.8. The average Bonchev–Trinajstić information content (AvgIpc) is 3.35. The van der Waals surface area contributed by atoms with Gasteiger partial charge in [0.2, 0.25) is 0 Å². The number of fused-ring (bicyclic) bond motifs is 7. The molecule has 7 rings (SSSR count). The molecule has 0 aromatic carbocycles. The molecule has 0 radical (unpaired) electrons. The monoisotopic (exact) mass is 708 g/mol. The Balaban J connectivity index is 1.13. The number of hydrogen-bond donors (Lipinski definition) is 7. The van der Waals surface area contributed by atoms with Gasteiger partial charge in [0.15, 0.2) is 12.6 Å². The summed E-state index contributed by atoms with van der Waals surface area (Å²) < 4.78 is 24.4. The van der Waals surface area contributed by atoms with E-state index in [0.29, 0.717) is 12.8 Å². The fourth-order valence-corrected chi connectivity index (χ4v) is 14.0. The van der Waals surface area contributed by atoms with Gasteiger partial charge in [-0.3, -0.25) is 0 Å². The van der Waals surface area contributed by atoms with E-state index in [9.17, 15) is 35.7 Å². The molecule has 7 fully saturated rings. The summed E-state index contributed by atoms with van der Waals surface area (Å²) in [6.07, 6.45) is -5.98. The second-order valence-corrected chi connectivity index (χ2v) is 19.2. The largest absolute Gasteiger partial charge is 0.393 e. The minimum atomic E-state index is -1.59. The summed E-state index contributed by atoms with van der Waals surface area (Å²) in [4.78, 5) is 0. The molecule has 7 N–H and O–H groups in total. The van der Waals surface area contributed by atoms with Crippen LogP contribution in [0.25, 0.3) is 0 Å². The Kier molecular flexibility index (Phi) is 9.34. The van der Waals surface area contributed by atoms with Crippen molar-refractivity contribution in [3.8, 4) is 0 Å². The molecule has 2 saturated heterocycles. The first kappa shape index (κ1) is 37.6. The summed E-state index contributed by atoms with van der Waals surface area (Å²) in [5.41, 5.74) is 0.216. The van der Waals surface area contributed by atoms with Crippen LogP contribution in [0.5, 0.6) is 0 Å². The van der Waals surface area contributed by atoms with E-state index in [-0.39, 0.29) is 63.5 Å². The summed E-state index contributed by atoms with van der Waals surface area (Å²) in [5, 5.41) is 76.7. The molecule has 0 spiro atoms. The maximum absolute atomic E-state index is 12.2. The molecule has 20 atom stereocenters. The summed E-state index contributed by atoms with van der Waals surface area (Å²) >= 11 is 0. The van der Waals surface area contributed by atoms with E-state index in [1.54, 1.807) is 6.92 Å². The average molecular weight is 709 g/mol. The fourth-order valence-electron chi connectivity index (χ4n) is 14.0. The highest BCUT2D eigenvalue weighted by Gasteiger charge is 2.73. The van der Waals surface area contributed by atoms with Gasteiger partial charge in [-0.15, -0.1) is 0 Å². The topological polar surface area (TPSA) is 179 Å². The molecule has 5 aliphatic carbocycles. The molecule has 5 saturated carbocycles. The molecule has 7 aliphatic rings. The van der Waals surface area contributed by atoms with Crippen molar-refractivity contribution in [1.82, 2.24) is 0 Å². The van der Waals surface area contributed by atoms with Crippen molar-refractivity contribution in [2.24, 2.45) is 50.7 Å². The molecule has 286 valence electrons. The Morgan fingerprint density at radius 3 is 2.10 bits per heavy atom. The first-order chi connectivity index (χ1) is 23.2. The first-order valence-electron chi connectivity index (χ1n) is 19.2. The van der Waals surface area contributed by atoms with E-state index in [2.05, 4.69) is 48.1 Å². The van der Waals surface area contributed by atoms with Crippen LogP contribution in [0.1, 0.15) is 99.8 Å². The minimum absolute atomic E-state index is 0.0382. The smallest absolute Gasteiger partial charge is 0.187 e. The van der Waals surface area contributed by atoms with E-state index < -0.39 is 67.5 Å². The SMILES string of the molecule is C=C1CCC2(C)C1C(O)CC1(C)C2C(O)CC2C3(C)CCC(OC4OCC(O)C(O)C4OC4OC(C)C(O)C(O)C4O)C(C)(C)C3CCC21C. The van der Waals surface area contributed by atoms with Gasteiger partial charge >= 0.3 is 0 Å². The molecule has 11 heteroatoms. The summed E-state index contributed by atoms with van der Waals surface area (Å²) in [5.74, 6) is 0.630. The third-order valence-electron chi connectivity index (χ3n) is 16.5. The first-order valence-corrected chi connectivity index (χ1v) is 19.2. The molecular formula is C39H64O11. The van der Waals surface area contributed by atoms with Gasteiger partial charge in [0.1, 0.15) is 36.6 Å². The van der Waals surface area contributed by atoms with Crippen molar-refractivity contribution in [3.63, 3.8) is 0 Å². The predicted molar refractivity (Wildman–Crippen MR) is 182 cm³/mol. The lowest BCUT2D eigenvalue weighted by molar-refractivity contribution is -0.365. The van der Waals surface area contributed by atoms with Crippen LogP contribution in [-0.4, -0.2) is 116 Å². The lowest BCUT2D eigenvalue weighted by Gasteiger charge is -2.74. The van der Waals surface area contributed by atoms with E-state index in [0.717, 1.165) is 44.1 Å². The highest BCUT2D eigenvalue weighted by atomic mass is 16.8. The third kappa shape index (κ3) is 5.15. The van der Waals surface area contributed by atoms with E-state index >= 15 is 0 Å². The van der Waals surface area contributed by atoms with Gasteiger partial charge in [0, 0.05) is 5.92 Å². The molecule has 50 heavy (non-hydrogen) atoms. The standard InChI is InChI=1S/C39H64O11/c1-18-9-12-37(6)26(18)21(41)16-39(8)32(37)20(40)15-24-36(5)13-11-25(35(3,4)23(36)10-14-38(24,39)7)49-34-31(28(44)22(42)17-47-34)50-33-30(46)29(45)27(43)19(2)48-33/h19-34,40-46H,1,9-17H2,2-8H3. The zero-order valence-electron chi connectivity index (χ0n) is 31.1. The van der Waals surface area contributed by atoms with E-state index in [1.165, 1.54) is 0 Å². The Morgan fingerprint density at radius 2 is 1.40 bits per heavy atom. The lowest BCUT2D eigenvalue weighted by Crippen LogP contribution is -2.71. The number of aliphatic hydroxyl groups excluding tert-OH is 7. The molecule has 2 aliphatic heterocycles. The van der Waals surface area contributed by atoms with Gasteiger partial charge in [-0.25, -0.2) is 0 Å². The van der Waals surface area contributed by atoms with Crippen molar-refractivity contribution in [2.75, 3.05) is 6.61 Å². The predicted octanol–water partition coefficient (Wildman–Crippen LogP) is 2.65. The lowest BCUT2D eigenvalue weighted by atomic mass is 9.31. The van der Waals surface area contributed by atoms with Crippen LogP contribution >= 0.6 is 0 Å². The second kappa shape index (κ2) is 12.4. The Hall–Kier alpha value is -0.700. The molecule has 0 bridgehead atoms. The summed E-state index contributed by atoms with van der Waals surface area (Å²) in [7, 11) is 0. The normalized spacial score (nSPS) is 59.2. The molecule has 11 nitrogen and oxygen atoms in total. The van der Waals surface area contributed by atoms with E-state index in [1.807, 2.05) is 0 Å². The van der Waals surface area contributed by atoms with Crippen molar-refractivity contribution in [1.29, 1.82) is 0 Å². The highest BCUT2D eigenvalue weighted by Crippen LogP contribution is 2.77. The fraction of sp³-hybridized carbons (Fsp3) is 0.949. The van der Waals surface area contributed by atoms with Gasteiger partial charge in [0.25, 0.3) is 0 Å². The molecule has 20 unspecified atom stereocenters. The van der Waals surface area contributed by atoms with Crippen molar-refractivity contribution < 1.29 is 54.7 Å². The van der Waals surface area contributed by atoms with Crippen LogP contribution in [-0.2, 0) is 18.9 Å². The van der Waals surface area contributed by atoms with Crippen LogP contribution in [0, 0.1) is 50.7 Å². The molecular weight excluding hydrogens is 644 g/mol. The van der Waals surface area contributed by atoms with Gasteiger partial charge in [-0.1, -0.05) is 53.7 Å². The Labute approximate surface area is 297 Å². The third-order valence-corrected chi connectivity index (χ3v) is 16.5. The van der Waals surface area contributed by atoms with Crippen molar-refractivity contribution >= 4 is 0 Å². The zero-order valence-corrected chi connectivity index (χ0v) is 31.1. The molecule has 0 aromatic heterocycles. The van der Waals surface area contributed by atoms with Crippen molar-refractivity contribution in [3.05, 3.63) is 12.2 Å². The number of rotatable bonds is 4. The van der Waals surface area contributed by atoms with Crippen LogP contribution < -0.4 is 0 Å². The molecule has 0 amide bonds. The zero-order chi connectivity index (χ0) is 36.5. The van der Waals surface area contributed by atoms with Crippen LogP contribution in [0.15, 0.2) is 12.2 Å². The second-order valence-electron chi connectivity index (χ2n) is 19.2. The van der Waals surface area contributed by atoms with Gasteiger partial charge in [-0.05, 0) is 103 Å². The minimum Gasteiger partial charge on any atom is -0.393 e. The summed E-state index contributed by atoms with van der Waals surface area (Å²) in [6, 6.07) is 0. The quantitative estimate of drug-likeness (QED) is 0.169. The van der Waals surface area contributed by atoms with E-state index in [4.69, 9.17) is 18.9 Å². The van der Waals surface area contributed by atoms with Gasteiger partial charge in [-0.2, -0.15) is 0 Å². The van der Waals surface area contributed by atoms with Gasteiger partial charge in [0.05, 0.1) is 31.0 Å². The molecule has 0 aromatic rings. The maximum Gasteiger partial charge on any atom is 0.187 e. The van der Waals surface area contributed by atoms with Crippen LogP contribution in [0.4, 0.5) is 0 Å².